The average molecular weight is 261 g/mol. The molecular weight excluding hydrogens is 234 g/mol. The summed E-state index contributed by atoms with van der Waals surface area (Å²) >= 11 is 0. The van der Waals surface area contributed by atoms with Gasteiger partial charge in [-0.15, -0.1) is 0 Å². The second kappa shape index (κ2) is 6.13. The van der Waals surface area contributed by atoms with E-state index in [0.717, 1.165) is 30.7 Å². The van der Waals surface area contributed by atoms with Gasteiger partial charge in [0.25, 0.3) is 0 Å². The highest BCUT2D eigenvalue weighted by molar-refractivity contribution is 5.17. The molecule has 0 bridgehead atoms. The van der Waals surface area contributed by atoms with Gasteiger partial charge in [-0.3, -0.25) is 0 Å². The lowest BCUT2D eigenvalue weighted by molar-refractivity contribution is 0.431. The molecule has 0 spiro atoms. The Kier molecular flexibility index (Phi) is 4.27. The Morgan fingerprint density at radius 3 is 2.79 bits per heavy atom. The van der Waals surface area contributed by atoms with Crippen LogP contribution in [0.5, 0.6) is 0 Å². The molecule has 2 aliphatic carbocycles. The lowest BCUT2D eigenvalue weighted by atomic mass is 10.0. The van der Waals surface area contributed by atoms with Crippen LogP contribution in [0.15, 0.2) is 16.5 Å². The Morgan fingerprint density at radius 2 is 2.05 bits per heavy atom. The van der Waals surface area contributed by atoms with E-state index in [0.29, 0.717) is 5.92 Å². The van der Waals surface area contributed by atoms with Gasteiger partial charge in [0.05, 0.1) is 6.54 Å². The third-order valence-electron chi connectivity index (χ3n) is 4.90. The van der Waals surface area contributed by atoms with Gasteiger partial charge in [0.1, 0.15) is 11.5 Å². The molecule has 0 aromatic carbocycles. The molecular formula is C17H27NO. The molecule has 0 radical (unpaired) electrons. The minimum atomic E-state index is 0.705. The maximum absolute atomic E-state index is 5.90. The summed E-state index contributed by atoms with van der Waals surface area (Å²) in [7, 11) is 0. The van der Waals surface area contributed by atoms with Crippen molar-refractivity contribution in [3.63, 3.8) is 0 Å². The third kappa shape index (κ3) is 3.62. The fraction of sp³-hybridized carbons (Fsp3) is 0.765. The molecule has 2 unspecified atom stereocenters. The summed E-state index contributed by atoms with van der Waals surface area (Å²) in [5.74, 6) is 4.87. The Bertz CT molecular complexity index is 392. The molecule has 2 aliphatic rings. The van der Waals surface area contributed by atoms with E-state index in [1.165, 1.54) is 50.7 Å². The number of furan rings is 1. The largest absolute Gasteiger partial charge is 0.464 e. The zero-order valence-electron chi connectivity index (χ0n) is 12.2. The van der Waals surface area contributed by atoms with E-state index in [-0.39, 0.29) is 0 Å². The zero-order valence-corrected chi connectivity index (χ0v) is 12.2. The fourth-order valence-electron chi connectivity index (χ4n) is 3.43. The molecule has 2 atom stereocenters. The molecule has 106 valence electrons. The molecule has 1 aromatic rings. The van der Waals surface area contributed by atoms with E-state index in [2.05, 4.69) is 24.4 Å². The molecule has 2 heteroatoms. The lowest BCUT2D eigenvalue weighted by Crippen LogP contribution is -2.15. The molecule has 2 fully saturated rings. The third-order valence-corrected chi connectivity index (χ3v) is 4.90. The molecule has 0 aliphatic heterocycles. The van der Waals surface area contributed by atoms with Gasteiger partial charge in [-0.1, -0.05) is 32.6 Å². The predicted octanol–water partition coefficient (Wildman–Crippen LogP) is 4.46. The van der Waals surface area contributed by atoms with Crippen LogP contribution in [0.4, 0.5) is 0 Å². The van der Waals surface area contributed by atoms with E-state index in [1.807, 2.05) is 0 Å². The molecule has 3 rings (SSSR count). The second-order valence-electron chi connectivity index (χ2n) is 6.59. The minimum absolute atomic E-state index is 0.705. The van der Waals surface area contributed by atoms with Crippen molar-refractivity contribution >= 4 is 0 Å². The standard InChI is InChI=1S/C17H27NO/c1-13-11-16(13)17-9-8-15(19-17)12-18-10-4-7-14-5-2-3-6-14/h8-9,13-14,16,18H,2-7,10-12H2,1H3. The first kappa shape index (κ1) is 13.2. The van der Waals surface area contributed by atoms with Crippen molar-refractivity contribution in [1.29, 1.82) is 0 Å². The molecule has 1 N–H and O–H groups in total. The Labute approximate surface area is 117 Å². The van der Waals surface area contributed by atoms with Gasteiger partial charge in [-0.2, -0.15) is 0 Å². The van der Waals surface area contributed by atoms with Gasteiger partial charge in [0.2, 0.25) is 0 Å². The quantitative estimate of drug-likeness (QED) is 0.733. The van der Waals surface area contributed by atoms with Crippen LogP contribution >= 0.6 is 0 Å². The summed E-state index contributed by atoms with van der Waals surface area (Å²) in [5.41, 5.74) is 0. The van der Waals surface area contributed by atoms with E-state index < -0.39 is 0 Å². The summed E-state index contributed by atoms with van der Waals surface area (Å²) < 4.78 is 5.90. The van der Waals surface area contributed by atoms with E-state index in [1.54, 1.807) is 0 Å². The smallest absolute Gasteiger partial charge is 0.117 e. The van der Waals surface area contributed by atoms with Crippen molar-refractivity contribution in [1.82, 2.24) is 5.32 Å². The Morgan fingerprint density at radius 1 is 1.26 bits per heavy atom. The van der Waals surface area contributed by atoms with E-state index in [4.69, 9.17) is 4.42 Å². The van der Waals surface area contributed by atoms with Crippen LogP contribution in [0, 0.1) is 11.8 Å². The first-order valence-corrected chi connectivity index (χ1v) is 8.12. The number of nitrogens with one attached hydrogen (secondary N) is 1. The van der Waals surface area contributed by atoms with E-state index >= 15 is 0 Å². The Balaban J connectivity index is 1.30. The summed E-state index contributed by atoms with van der Waals surface area (Å²) in [6, 6.07) is 4.31. The maximum Gasteiger partial charge on any atom is 0.117 e. The highest BCUT2D eigenvalue weighted by atomic mass is 16.3. The highest BCUT2D eigenvalue weighted by Crippen LogP contribution is 2.47. The monoisotopic (exact) mass is 261 g/mol. The van der Waals surface area contributed by atoms with Crippen LogP contribution in [-0.2, 0) is 6.54 Å². The van der Waals surface area contributed by atoms with Crippen LogP contribution in [-0.4, -0.2) is 6.54 Å². The van der Waals surface area contributed by atoms with Crippen molar-refractivity contribution in [2.75, 3.05) is 6.54 Å². The van der Waals surface area contributed by atoms with Crippen LogP contribution in [0.3, 0.4) is 0 Å². The summed E-state index contributed by atoms with van der Waals surface area (Å²) in [5, 5.41) is 3.52. The Hall–Kier alpha value is -0.760. The molecule has 1 heterocycles. The van der Waals surface area contributed by atoms with E-state index in [9.17, 15) is 0 Å². The predicted molar refractivity (Wildman–Crippen MR) is 78.1 cm³/mol. The van der Waals surface area contributed by atoms with Gasteiger partial charge < -0.3 is 9.73 Å². The van der Waals surface area contributed by atoms with Crippen molar-refractivity contribution in [2.45, 2.75) is 64.3 Å². The lowest BCUT2D eigenvalue weighted by Gasteiger charge is -2.08. The molecule has 0 saturated heterocycles. The number of rotatable bonds is 7. The van der Waals surface area contributed by atoms with Crippen molar-refractivity contribution in [3.8, 4) is 0 Å². The molecule has 1 aromatic heterocycles. The van der Waals surface area contributed by atoms with Crippen molar-refractivity contribution in [3.05, 3.63) is 23.7 Å². The molecule has 0 amide bonds. The molecule has 2 nitrogen and oxygen atoms in total. The molecule has 19 heavy (non-hydrogen) atoms. The van der Waals surface area contributed by atoms with Gasteiger partial charge >= 0.3 is 0 Å². The topological polar surface area (TPSA) is 25.2 Å². The fourth-order valence-corrected chi connectivity index (χ4v) is 3.43. The number of hydrogen-bond acceptors (Lipinski definition) is 2. The minimum Gasteiger partial charge on any atom is -0.464 e. The summed E-state index contributed by atoms with van der Waals surface area (Å²) in [6.07, 6.45) is 9.91. The SMILES string of the molecule is CC1CC1c1ccc(CNCCCC2CCCC2)o1. The van der Waals surface area contributed by atoms with Crippen molar-refractivity contribution in [2.24, 2.45) is 11.8 Å². The summed E-state index contributed by atoms with van der Waals surface area (Å²) in [6.45, 7) is 4.33. The van der Waals surface area contributed by atoms with Crippen LogP contribution in [0.25, 0.3) is 0 Å². The number of hydrogen-bond donors (Lipinski definition) is 1. The highest BCUT2D eigenvalue weighted by Gasteiger charge is 2.36. The second-order valence-corrected chi connectivity index (χ2v) is 6.59. The van der Waals surface area contributed by atoms with Crippen molar-refractivity contribution < 1.29 is 4.42 Å². The maximum atomic E-state index is 5.90. The van der Waals surface area contributed by atoms with Crippen LogP contribution in [0.1, 0.15) is 69.3 Å². The normalized spacial score (nSPS) is 27.0. The molecule has 2 saturated carbocycles. The van der Waals surface area contributed by atoms with Gasteiger partial charge in [0.15, 0.2) is 0 Å². The average Bonchev–Trinajstić information content (AvgIpc) is 2.88. The first-order chi connectivity index (χ1) is 9.33. The summed E-state index contributed by atoms with van der Waals surface area (Å²) in [4.78, 5) is 0. The zero-order chi connectivity index (χ0) is 13.1. The van der Waals surface area contributed by atoms with Gasteiger partial charge in [-0.25, -0.2) is 0 Å². The first-order valence-electron chi connectivity index (χ1n) is 8.12. The van der Waals surface area contributed by atoms with Gasteiger partial charge in [-0.05, 0) is 49.8 Å². The van der Waals surface area contributed by atoms with Crippen LogP contribution < -0.4 is 5.32 Å². The van der Waals surface area contributed by atoms with Gasteiger partial charge in [0, 0.05) is 5.92 Å². The van der Waals surface area contributed by atoms with Crippen LogP contribution in [0.2, 0.25) is 0 Å².